The van der Waals surface area contributed by atoms with Crippen LogP contribution in [0, 0.1) is 5.92 Å². The van der Waals surface area contributed by atoms with Gasteiger partial charge in [0.25, 0.3) is 0 Å². The Kier molecular flexibility index (Phi) is 4.75. The van der Waals surface area contributed by atoms with Gasteiger partial charge in [0, 0.05) is 35.9 Å². The number of nitrogens with one attached hydrogen (secondary N) is 1. The zero-order valence-corrected chi connectivity index (χ0v) is 14.0. The van der Waals surface area contributed by atoms with E-state index in [0.717, 1.165) is 23.5 Å². The molecule has 3 heteroatoms. The van der Waals surface area contributed by atoms with Crippen LogP contribution in [0.4, 0.5) is 5.69 Å². The predicted molar refractivity (Wildman–Crippen MR) is 91.1 cm³/mol. The van der Waals surface area contributed by atoms with Crippen LogP contribution in [0.3, 0.4) is 0 Å². The van der Waals surface area contributed by atoms with Crippen molar-refractivity contribution in [3.63, 3.8) is 0 Å². The fraction of sp³-hybridized carbons (Fsp3) is 0.667. The Morgan fingerprint density at radius 3 is 2.86 bits per heavy atom. The Hall–Kier alpha value is -0.730. The van der Waals surface area contributed by atoms with E-state index in [4.69, 9.17) is 11.6 Å². The van der Waals surface area contributed by atoms with Crippen LogP contribution in [0.2, 0.25) is 5.02 Å². The molecule has 0 spiro atoms. The molecule has 0 radical (unpaired) electrons. The minimum Gasteiger partial charge on any atom is -0.368 e. The molecule has 2 nitrogen and oxygen atoms in total. The van der Waals surface area contributed by atoms with Gasteiger partial charge in [0.2, 0.25) is 0 Å². The maximum atomic E-state index is 6.24. The molecule has 1 saturated carbocycles. The molecule has 21 heavy (non-hydrogen) atoms. The topological polar surface area (TPSA) is 15.3 Å². The van der Waals surface area contributed by atoms with E-state index in [-0.39, 0.29) is 0 Å². The highest BCUT2D eigenvalue weighted by Crippen LogP contribution is 2.40. The molecule has 2 unspecified atom stereocenters. The lowest BCUT2D eigenvalue weighted by molar-refractivity contribution is 0.361. The Balaban J connectivity index is 1.86. The van der Waals surface area contributed by atoms with Gasteiger partial charge < -0.3 is 10.2 Å². The molecule has 2 atom stereocenters. The largest absolute Gasteiger partial charge is 0.368 e. The summed E-state index contributed by atoms with van der Waals surface area (Å²) >= 11 is 6.24. The molecule has 1 heterocycles. The third-order valence-corrected chi connectivity index (χ3v) is 5.28. The monoisotopic (exact) mass is 306 g/mol. The molecule has 2 fully saturated rings. The van der Waals surface area contributed by atoms with Gasteiger partial charge >= 0.3 is 0 Å². The summed E-state index contributed by atoms with van der Waals surface area (Å²) in [4.78, 5) is 2.68. The summed E-state index contributed by atoms with van der Waals surface area (Å²) < 4.78 is 0. The van der Waals surface area contributed by atoms with Crippen molar-refractivity contribution in [2.45, 2.75) is 64.6 Å². The minimum atomic E-state index is 0.498. The van der Waals surface area contributed by atoms with Crippen LogP contribution >= 0.6 is 11.6 Å². The maximum absolute atomic E-state index is 6.24. The Morgan fingerprint density at radius 2 is 2.05 bits per heavy atom. The van der Waals surface area contributed by atoms with Crippen molar-refractivity contribution >= 4 is 17.3 Å². The van der Waals surface area contributed by atoms with Gasteiger partial charge in [-0.25, -0.2) is 0 Å². The second-order valence-electron chi connectivity index (χ2n) is 6.90. The van der Waals surface area contributed by atoms with Gasteiger partial charge in [-0.05, 0) is 55.4 Å². The molecule has 1 aliphatic heterocycles. The average molecular weight is 307 g/mol. The van der Waals surface area contributed by atoms with Crippen LogP contribution in [-0.2, 0) is 6.54 Å². The van der Waals surface area contributed by atoms with E-state index >= 15 is 0 Å². The van der Waals surface area contributed by atoms with Gasteiger partial charge in [0.05, 0.1) is 0 Å². The standard InChI is InChI=1S/C18H27ClN2/c1-13(2)20-12-15-11-16(19)8-9-18(15)21-10-4-6-14-5-3-7-17(14)21/h8-9,11,13-14,17,20H,3-7,10,12H2,1-2H3. The number of benzene rings is 1. The summed E-state index contributed by atoms with van der Waals surface area (Å²) in [6, 6.07) is 7.69. The number of hydrogen-bond donors (Lipinski definition) is 1. The fourth-order valence-electron chi connectivity index (χ4n) is 4.04. The summed E-state index contributed by atoms with van der Waals surface area (Å²) in [7, 11) is 0. The first-order chi connectivity index (χ1) is 10.1. The molecule has 3 rings (SSSR count). The van der Waals surface area contributed by atoms with Gasteiger partial charge in [-0.1, -0.05) is 31.9 Å². The third-order valence-electron chi connectivity index (χ3n) is 5.04. The number of piperidine rings is 1. The Labute approximate surface area is 133 Å². The molecule has 1 aliphatic carbocycles. The molecule has 1 N–H and O–H groups in total. The SMILES string of the molecule is CC(C)NCc1cc(Cl)ccc1N1CCCC2CCCC21. The van der Waals surface area contributed by atoms with Crippen molar-refractivity contribution in [2.24, 2.45) is 5.92 Å². The highest BCUT2D eigenvalue weighted by molar-refractivity contribution is 6.30. The molecule has 1 aromatic carbocycles. The van der Waals surface area contributed by atoms with Crippen LogP contribution < -0.4 is 10.2 Å². The van der Waals surface area contributed by atoms with Crippen molar-refractivity contribution in [3.8, 4) is 0 Å². The van der Waals surface area contributed by atoms with E-state index in [1.54, 1.807) is 0 Å². The molecule has 0 bridgehead atoms. The number of nitrogens with zero attached hydrogens (tertiary/aromatic N) is 1. The maximum Gasteiger partial charge on any atom is 0.0415 e. The second-order valence-corrected chi connectivity index (χ2v) is 7.34. The summed E-state index contributed by atoms with van der Waals surface area (Å²) in [5, 5.41) is 4.39. The number of hydrogen-bond acceptors (Lipinski definition) is 2. The predicted octanol–water partition coefficient (Wildman–Crippen LogP) is 4.61. The smallest absolute Gasteiger partial charge is 0.0415 e. The number of anilines is 1. The van der Waals surface area contributed by atoms with Gasteiger partial charge in [-0.2, -0.15) is 0 Å². The van der Waals surface area contributed by atoms with Crippen LogP contribution in [-0.4, -0.2) is 18.6 Å². The molecule has 1 saturated heterocycles. The van der Waals surface area contributed by atoms with Gasteiger partial charge in [-0.3, -0.25) is 0 Å². The second kappa shape index (κ2) is 6.58. The average Bonchev–Trinajstić information content (AvgIpc) is 2.93. The molecule has 0 amide bonds. The van der Waals surface area contributed by atoms with Crippen LogP contribution in [0.1, 0.15) is 51.5 Å². The van der Waals surface area contributed by atoms with E-state index in [1.165, 1.54) is 49.9 Å². The van der Waals surface area contributed by atoms with Gasteiger partial charge in [-0.15, -0.1) is 0 Å². The summed E-state index contributed by atoms with van der Waals surface area (Å²) in [6.07, 6.45) is 6.95. The van der Waals surface area contributed by atoms with Crippen molar-refractivity contribution < 1.29 is 0 Å². The van der Waals surface area contributed by atoms with E-state index in [1.807, 2.05) is 6.07 Å². The summed E-state index contributed by atoms with van der Waals surface area (Å²) in [6.45, 7) is 6.50. The highest BCUT2D eigenvalue weighted by atomic mass is 35.5. The lowest BCUT2D eigenvalue weighted by Crippen LogP contribution is -2.43. The van der Waals surface area contributed by atoms with E-state index < -0.39 is 0 Å². The summed E-state index contributed by atoms with van der Waals surface area (Å²) in [5.74, 6) is 0.917. The van der Waals surface area contributed by atoms with Crippen molar-refractivity contribution in [1.29, 1.82) is 0 Å². The van der Waals surface area contributed by atoms with E-state index in [9.17, 15) is 0 Å². The van der Waals surface area contributed by atoms with Gasteiger partial charge in [0.1, 0.15) is 0 Å². The van der Waals surface area contributed by atoms with Crippen molar-refractivity contribution in [2.75, 3.05) is 11.4 Å². The molecular formula is C18H27ClN2. The number of rotatable bonds is 4. The zero-order valence-electron chi connectivity index (χ0n) is 13.2. The van der Waals surface area contributed by atoms with E-state index in [2.05, 4.69) is 36.2 Å². The van der Waals surface area contributed by atoms with Crippen molar-refractivity contribution in [3.05, 3.63) is 28.8 Å². The minimum absolute atomic E-state index is 0.498. The first kappa shape index (κ1) is 15.2. The molecule has 0 aromatic heterocycles. The lowest BCUT2D eigenvalue weighted by Gasteiger charge is -2.40. The quantitative estimate of drug-likeness (QED) is 0.874. The first-order valence-corrected chi connectivity index (χ1v) is 8.81. The van der Waals surface area contributed by atoms with Crippen molar-refractivity contribution in [1.82, 2.24) is 5.32 Å². The Morgan fingerprint density at radius 1 is 1.24 bits per heavy atom. The normalized spacial score (nSPS) is 25.4. The number of fused-ring (bicyclic) bond motifs is 1. The first-order valence-electron chi connectivity index (χ1n) is 8.43. The highest BCUT2D eigenvalue weighted by Gasteiger charge is 2.35. The summed E-state index contributed by atoms with van der Waals surface area (Å²) in [5.41, 5.74) is 2.76. The van der Waals surface area contributed by atoms with Gasteiger partial charge in [0.15, 0.2) is 0 Å². The molecular weight excluding hydrogens is 280 g/mol. The van der Waals surface area contributed by atoms with Crippen LogP contribution in [0.25, 0.3) is 0 Å². The number of halogens is 1. The Bertz CT molecular complexity index is 486. The van der Waals surface area contributed by atoms with Crippen LogP contribution in [0.5, 0.6) is 0 Å². The van der Waals surface area contributed by atoms with Crippen LogP contribution in [0.15, 0.2) is 18.2 Å². The fourth-order valence-corrected chi connectivity index (χ4v) is 4.24. The molecule has 116 valence electrons. The molecule has 2 aliphatic rings. The van der Waals surface area contributed by atoms with E-state index in [0.29, 0.717) is 6.04 Å². The third kappa shape index (κ3) is 3.37. The molecule has 1 aromatic rings. The lowest BCUT2D eigenvalue weighted by atomic mass is 9.91. The zero-order chi connectivity index (χ0) is 14.8.